The van der Waals surface area contributed by atoms with Crippen molar-refractivity contribution in [1.82, 2.24) is 9.80 Å². The predicted octanol–water partition coefficient (Wildman–Crippen LogP) is 4.07. The van der Waals surface area contributed by atoms with Gasteiger partial charge in [-0.15, -0.1) is 0 Å². The summed E-state index contributed by atoms with van der Waals surface area (Å²) in [6.07, 6.45) is 0.792. The van der Waals surface area contributed by atoms with Crippen molar-refractivity contribution in [2.24, 2.45) is 0 Å². The van der Waals surface area contributed by atoms with Crippen LogP contribution in [0.25, 0.3) is 0 Å². The summed E-state index contributed by atoms with van der Waals surface area (Å²) >= 11 is 0. The summed E-state index contributed by atoms with van der Waals surface area (Å²) in [7, 11) is -4.79. The molecule has 15 heteroatoms. The van der Waals surface area contributed by atoms with Gasteiger partial charge in [-0.1, -0.05) is 0 Å². The van der Waals surface area contributed by atoms with E-state index in [1.165, 1.54) is 0 Å². The highest BCUT2D eigenvalue weighted by molar-refractivity contribution is 7.45. The molecule has 272 valence electrons. The third-order valence-corrected chi connectivity index (χ3v) is 10.8. The van der Waals surface area contributed by atoms with Crippen LogP contribution in [0.3, 0.4) is 0 Å². The Morgan fingerprint density at radius 1 is 0.765 bits per heavy atom. The Labute approximate surface area is 297 Å². The topological polar surface area (TPSA) is 184 Å². The first-order valence-electron chi connectivity index (χ1n) is 17.1. The summed E-state index contributed by atoms with van der Waals surface area (Å²) in [5.74, 6) is 1.04. The molecule has 4 aliphatic heterocycles. The molecule has 2 fully saturated rings. The van der Waals surface area contributed by atoms with E-state index in [9.17, 15) is 29.6 Å². The molecule has 0 saturated carbocycles. The van der Waals surface area contributed by atoms with Crippen LogP contribution in [-0.4, -0.2) is 84.5 Å². The zero-order chi connectivity index (χ0) is 36.6. The maximum Gasteiger partial charge on any atom is 0.268 e. The zero-order valence-electron chi connectivity index (χ0n) is 29.2. The van der Waals surface area contributed by atoms with Crippen LogP contribution in [0.2, 0.25) is 0 Å². The number of nitrogens with zero attached hydrogens (tertiary/aromatic N) is 4. The standard InChI is InChI=1S/C36H43N4O10P/c1-35(2)33(31(39-13-5-7-29(39)41)25-19-23(21-37)9-11-27(25)49-35)45-15-17-47-51(43,44)48-18-16-46-34-32(40-14-6-8-30(40)42)26-20-24(22-38)10-12-28(26)50-36(34,3)4/h9-12,19-20,31-34H,5-8,13-18H2,1-4H3,(H,43,44)/p-1/t31-,32-,33+,34+/m1/s1. The van der Waals surface area contributed by atoms with Gasteiger partial charge in [-0.25, -0.2) is 0 Å². The summed E-state index contributed by atoms with van der Waals surface area (Å²) < 4.78 is 47.9. The average Bonchev–Trinajstić information content (AvgIpc) is 3.71. The number of rotatable bonds is 12. The molecular weight excluding hydrogens is 679 g/mol. The van der Waals surface area contributed by atoms with Gasteiger partial charge in [0.25, 0.3) is 7.82 Å². The second kappa shape index (κ2) is 14.5. The minimum Gasteiger partial charge on any atom is -0.756 e. The SMILES string of the molecule is CC1(C)Oc2ccc(C#N)cc2[C@@H](N2CCCC2=O)[C@@H]1OCCOP(=O)([O-])OCCO[C@H]1[C@H](N2CCCC2=O)c2cc(C#N)ccc2OC1(C)C. The fourth-order valence-corrected chi connectivity index (χ4v) is 8.18. The minimum atomic E-state index is -4.79. The monoisotopic (exact) mass is 721 g/mol. The van der Waals surface area contributed by atoms with E-state index in [0.29, 0.717) is 72.5 Å². The van der Waals surface area contributed by atoms with Crippen molar-refractivity contribution < 1.29 is 47.0 Å². The van der Waals surface area contributed by atoms with Crippen molar-refractivity contribution in [1.29, 1.82) is 10.5 Å². The van der Waals surface area contributed by atoms with Crippen molar-refractivity contribution in [3.63, 3.8) is 0 Å². The van der Waals surface area contributed by atoms with Crippen LogP contribution in [0.5, 0.6) is 11.5 Å². The lowest BCUT2D eigenvalue weighted by atomic mass is 9.84. The quantitative estimate of drug-likeness (QED) is 0.227. The molecule has 0 radical (unpaired) electrons. The predicted molar refractivity (Wildman–Crippen MR) is 178 cm³/mol. The summed E-state index contributed by atoms with van der Waals surface area (Å²) in [6.45, 7) is 7.34. The molecule has 2 aromatic carbocycles. The Kier molecular flexibility index (Phi) is 10.5. The number of hydrogen-bond acceptors (Lipinski definition) is 12. The Balaban J connectivity index is 1.07. The first kappa shape index (κ1) is 36.8. The Bertz CT molecular complexity index is 1680. The van der Waals surface area contributed by atoms with Gasteiger partial charge in [0.15, 0.2) is 0 Å². The summed E-state index contributed by atoms with van der Waals surface area (Å²) in [4.78, 5) is 42.0. The van der Waals surface area contributed by atoms with E-state index in [1.807, 2.05) is 27.7 Å². The van der Waals surface area contributed by atoms with E-state index >= 15 is 0 Å². The van der Waals surface area contributed by atoms with Crippen LogP contribution in [0.15, 0.2) is 36.4 Å². The van der Waals surface area contributed by atoms with Crippen molar-refractivity contribution in [2.45, 2.75) is 88.9 Å². The van der Waals surface area contributed by atoms with E-state index in [1.54, 1.807) is 46.2 Å². The first-order valence-corrected chi connectivity index (χ1v) is 18.6. The zero-order valence-corrected chi connectivity index (χ0v) is 30.1. The molecule has 0 spiro atoms. The van der Waals surface area contributed by atoms with Gasteiger partial charge in [-0.2, -0.15) is 10.5 Å². The van der Waals surface area contributed by atoms with Gasteiger partial charge < -0.3 is 42.7 Å². The number of hydrogen-bond donors (Lipinski definition) is 0. The summed E-state index contributed by atoms with van der Waals surface area (Å²) in [5, 5.41) is 19.0. The van der Waals surface area contributed by atoms with Gasteiger partial charge in [-0.3, -0.25) is 14.2 Å². The normalized spacial score (nSPS) is 25.0. The van der Waals surface area contributed by atoms with Crippen LogP contribution in [0.4, 0.5) is 0 Å². The molecule has 0 aromatic heterocycles. The van der Waals surface area contributed by atoms with Gasteiger partial charge in [-0.05, 0) is 76.9 Å². The Morgan fingerprint density at radius 2 is 1.18 bits per heavy atom. The number of likely N-dealkylation sites (tertiary alicyclic amines) is 2. The van der Waals surface area contributed by atoms with E-state index in [4.69, 9.17) is 28.0 Å². The molecule has 0 bridgehead atoms. The molecule has 51 heavy (non-hydrogen) atoms. The van der Waals surface area contributed by atoms with Gasteiger partial charge in [0, 0.05) is 37.1 Å². The largest absolute Gasteiger partial charge is 0.756 e. The fraction of sp³-hybridized carbons (Fsp3) is 0.556. The minimum absolute atomic E-state index is 0.0341. The molecule has 2 aromatic rings. The lowest BCUT2D eigenvalue weighted by molar-refractivity contribution is -0.229. The number of carbonyl (C=O) groups excluding carboxylic acids is 2. The molecule has 14 nitrogen and oxygen atoms in total. The molecule has 2 saturated heterocycles. The number of carbonyl (C=O) groups is 2. The van der Waals surface area contributed by atoms with Gasteiger partial charge in [0.05, 0.1) is 61.8 Å². The smallest absolute Gasteiger partial charge is 0.268 e. The lowest BCUT2D eigenvalue weighted by Gasteiger charge is -2.47. The average molecular weight is 722 g/mol. The number of fused-ring (bicyclic) bond motifs is 2. The van der Waals surface area contributed by atoms with Crippen molar-refractivity contribution >= 4 is 19.6 Å². The van der Waals surface area contributed by atoms with Gasteiger partial charge in [0.2, 0.25) is 11.8 Å². The van der Waals surface area contributed by atoms with Crippen LogP contribution >= 0.6 is 7.82 Å². The molecule has 0 aliphatic carbocycles. The highest BCUT2D eigenvalue weighted by Gasteiger charge is 2.50. The second-order valence-corrected chi connectivity index (χ2v) is 15.5. The first-order chi connectivity index (χ1) is 24.2. The van der Waals surface area contributed by atoms with Crippen LogP contribution in [0.1, 0.15) is 87.7 Å². The van der Waals surface area contributed by atoms with E-state index < -0.39 is 43.3 Å². The summed E-state index contributed by atoms with van der Waals surface area (Å²) in [5.41, 5.74) is 0.334. The molecule has 4 aliphatic rings. The van der Waals surface area contributed by atoms with Crippen molar-refractivity contribution in [3.8, 4) is 23.6 Å². The maximum atomic E-state index is 12.9. The second-order valence-electron chi connectivity index (χ2n) is 14.1. The van der Waals surface area contributed by atoms with Gasteiger partial charge >= 0.3 is 0 Å². The molecular formula is C36H42N4O10P-. The third kappa shape index (κ3) is 7.63. The Morgan fingerprint density at radius 3 is 1.53 bits per heavy atom. The number of amides is 2. The van der Waals surface area contributed by atoms with Gasteiger partial charge in [0.1, 0.15) is 34.9 Å². The third-order valence-electron chi connectivity index (χ3n) is 9.76. The number of phosphoric acid groups is 1. The molecule has 2 amide bonds. The molecule has 0 N–H and O–H groups in total. The Hall–Kier alpha value is -4.01. The molecule has 6 rings (SSSR count). The fourth-order valence-electron chi connectivity index (χ4n) is 7.51. The lowest BCUT2D eigenvalue weighted by Crippen LogP contribution is -2.55. The van der Waals surface area contributed by atoms with Crippen LogP contribution in [0, 0.1) is 22.7 Å². The molecule has 4 heterocycles. The highest BCUT2D eigenvalue weighted by atomic mass is 31.2. The maximum absolute atomic E-state index is 12.9. The van der Waals surface area contributed by atoms with E-state index in [0.717, 1.165) is 0 Å². The highest BCUT2D eigenvalue weighted by Crippen LogP contribution is 2.48. The summed E-state index contributed by atoms with van der Waals surface area (Å²) in [6, 6.07) is 13.3. The molecule has 0 unspecified atom stereocenters. The van der Waals surface area contributed by atoms with Crippen LogP contribution in [-0.2, 0) is 32.7 Å². The van der Waals surface area contributed by atoms with E-state index in [2.05, 4.69) is 12.1 Å². The number of ether oxygens (including phenoxy) is 4. The molecule has 4 atom stereocenters. The van der Waals surface area contributed by atoms with Crippen molar-refractivity contribution in [3.05, 3.63) is 58.7 Å². The number of phosphoric ester groups is 1. The van der Waals surface area contributed by atoms with E-state index in [-0.39, 0.29) is 38.2 Å². The van der Waals surface area contributed by atoms with Crippen LogP contribution < -0.4 is 14.4 Å². The number of benzene rings is 2. The number of nitriles is 2. The van der Waals surface area contributed by atoms with Crippen molar-refractivity contribution in [2.75, 3.05) is 39.5 Å².